The molecular formula is C50H85N9O28. The van der Waals surface area contributed by atoms with E-state index in [0.717, 1.165) is 34.6 Å². The van der Waals surface area contributed by atoms with Crippen molar-refractivity contribution in [2.45, 2.75) is 227 Å². The fourth-order valence-corrected chi connectivity index (χ4v) is 9.96. The fraction of sp³-hybridized carbons (Fsp3) is 0.820. The van der Waals surface area contributed by atoms with Gasteiger partial charge in [0.25, 0.3) is 0 Å². The van der Waals surface area contributed by atoms with Gasteiger partial charge in [-0.2, -0.15) is 0 Å². The summed E-state index contributed by atoms with van der Waals surface area (Å²) in [6, 6.07) is -10.9. The first-order valence-electron chi connectivity index (χ1n) is 27.9. The zero-order valence-electron chi connectivity index (χ0n) is 48.6. The number of rotatable bonds is 32. The minimum Gasteiger partial charge on any atom is -0.480 e. The second-order valence-corrected chi connectivity index (χ2v) is 21.3. The summed E-state index contributed by atoms with van der Waals surface area (Å²) in [7, 11) is 0. The van der Waals surface area contributed by atoms with Gasteiger partial charge in [-0.3, -0.25) is 33.6 Å². The maximum absolute atomic E-state index is 13.8. The molecule has 4 rings (SSSR count). The van der Waals surface area contributed by atoms with Crippen LogP contribution in [0.5, 0.6) is 0 Å². The number of primary amides is 1. The number of carbonyl (C=O) groups is 9. The van der Waals surface area contributed by atoms with E-state index in [2.05, 4.69) is 31.9 Å². The Morgan fingerprint density at radius 3 is 1.52 bits per heavy atom. The average Bonchev–Trinajstić information content (AvgIpc) is 1.46. The van der Waals surface area contributed by atoms with Gasteiger partial charge in [0.05, 0.1) is 32.5 Å². The third-order valence-electron chi connectivity index (χ3n) is 14.5. The molecule has 498 valence electrons. The van der Waals surface area contributed by atoms with Crippen LogP contribution < -0.4 is 49.1 Å². The molecule has 4 saturated heterocycles. The SMILES string of the molecule is CC(=O)NC1C(OC2C(CO)OC(OC3C(CO)OC(OC4C(CO)OC(O)C(NC(C)=O)C4OC(C)C(=O)NC(C)C(=O)NC(CCC(=O)NC(CCCCN)C(=O)O)C(N)=O)C(NC(C)=O)C3O)C(N)C2OC(C)C(=O)O)OC(CO)C(O)C1O. The molecule has 4 fully saturated rings. The molecule has 37 heteroatoms. The largest absolute Gasteiger partial charge is 0.480 e. The summed E-state index contributed by atoms with van der Waals surface area (Å²) in [6.07, 6.45) is -31.9. The van der Waals surface area contributed by atoms with E-state index in [9.17, 15) is 94.2 Å². The van der Waals surface area contributed by atoms with Crippen molar-refractivity contribution in [3.63, 3.8) is 0 Å². The number of unbranched alkanes of at least 4 members (excludes halogenated alkanes) is 1. The monoisotopic (exact) mass is 1260 g/mol. The Morgan fingerprint density at radius 1 is 0.517 bits per heavy atom. The van der Waals surface area contributed by atoms with E-state index in [1.54, 1.807) is 0 Å². The number of carboxylic acid groups (broad SMARTS) is 2. The number of hydrogen-bond donors (Lipinski definition) is 19. The van der Waals surface area contributed by atoms with Gasteiger partial charge in [-0.15, -0.1) is 0 Å². The van der Waals surface area contributed by atoms with Crippen molar-refractivity contribution in [2.75, 3.05) is 33.0 Å². The lowest BCUT2D eigenvalue weighted by Gasteiger charge is -2.51. The number of aliphatic hydroxyl groups is 8. The molecule has 4 aliphatic rings. The molecule has 0 bridgehead atoms. The number of carbonyl (C=O) groups excluding carboxylic acids is 7. The molecule has 87 heavy (non-hydrogen) atoms. The lowest BCUT2D eigenvalue weighted by atomic mass is 9.93. The summed E-state index contributed by atoms with van der Waals surface area (Å²) in [5.74, 6) is -9.11. The number of carboxylic acids is 2. The quantitative estimate of drug-likeness (QED) is 0.0278. The Bertz CT molecular complexity index is 2320. The van der Waals surface area contributed by atoms with Crippen LogP contribution in [-0.4, -0.2) is 290 Å². The van der Waals surface area contributed by atoms with Crippen LogP contribution in [0.15, 0.2) is 0 Å². The fourth-order valence-electron chi connectivity index (χ4n) is 9.96. The number of hydrogen-bond acceptors (Lipinski definition) is 28. The van der Waals surface area contributed by atoms with Gasteiger partial charge < -0.3 is 143 Å². The summed E-state index contributed by atoms with van der Waals surface area (Å²) >= 11 is 0. The first-order valence-corrected chi connectivity index (χ1v) is 27.9. The molecule has 22 N–H and O–H groups in total. The number of ether oxygens (including phenoxy) is 9. The van der Waals surface area contributed by atoms with Crippen LogP contribution in [0, 0.1) is 0 Å². The maximum Gasteiger partial charge on any atom is 0.332 e. The molecule has 25 unspecified atom stereocenters. The summed E-state index contributed by atoms with van der Waals surface area (Å²) in [5, 5.41) is 121. The molecular weight excluding hydrogens is 1170 g/mol. The van der Waals surface area contributed by atoms with Gasteiger partial charge in [-0.25, -0.2) is 9.59 Å². The lowest BCUT2D eigenvalue weighted by Crippen LogP contribution is -2.72. The number of aliphatic hydroxyl groups excluding tert-OH is 8. The zero-order chi connectivity index (χ0) is 65.3. The Morgan fingerprint density at radius 2 is 1.00 bits per heavy atom. The van der Waals surface area contributed by atoms with Crippen molar-refractivity contribution in [2.24, 2.45) is 17.2 Å². The molecule has 7 amide bonds. The Balaban J connectivity index is 1.60. The molecule has 0 aromatic rings. The minimum atomic E-state index is -2.06. The first kappa shape index (κ1) is 73.9. The zero-order valence-corrected chi connectivity index (χ0v) is 48.6. The molecule has 0 spiro atoms. The lowest BCUT2D eigenvalue weighted by molar-refractivity contribution is -0.364. The van der Waals surface area contributed by atoms with Crippen LogP contribution >= 0.6 is 0 Å². The first-order chi connectivity index (χ1) is 40.9. The van der Waals surface area contributed by atoms with E-state index in [0.29, 0.717) is 19.4 Å². The topological polar surface area (TPSA) is 589 Å². The molecule has 0 aromatic heterocycles. The van der Waals surface area contributed by atoms with Crippen molar-refractivity contribution in [1.29, 1.82) is 0 Å². The van der Waals surface area contributed by atoms with Crippen molar-refractivity contribution in [3.8, 4) is 0 Å². The van der Waals surface area contributed by atoms with E-state index >= 15 is 0 Å². The highest BCUT2D eigenvalue weighted by molar-refractivity contribution is 5.92. The predicted molar refractivity (Wildman–Crippen MR) is 285 cm³/mol. The Kier molecular flexibility index (Phi) is 29.3. The molecule has 0 saturated carbocycles. The Hall–Kier alpha value is -5.53. The highest BCUT2D eigenvalue weighted by atomic mass is 16.8. The predicted octanol–water partition coefficient (Wildman–Crippen LogP) is -10.5. The van der Waals surface area contributed by atoms with Crippen molar-refractivity contribution < 1.29 is 137 Å². The molecule has 0 aromatic carbocycles. The summed E-state index contributed by atoms with van der Waals surface area (Å²) < 4.78 is 53.9. The van der Waals surface area contributed by atoms with Gasteiger partial charge in [0.15, 0.2) is 31.3 Å². The van der Waals surface area contributed by atoms with Crippen LogP contribution in [0.4, 0.5) is 0 Å². The molecule has 0 aliphatic carbocycles. The highest BCUT2D eigenvalue weighted by Gasteiger charge is 2.57. The van der Waals surface area contributed by atoms with Crippen molar-refractivity contribution in [3.05, 3.63) is 0 Å². The van der Waals surface area contributed by atoms with Gasteiger partial charge in [-0.1, -0.05) is 0 Å². The second kappa shape index (κ2) is 34.4. The smallest absolute Gasteiger partial charge is 0.332 e. The minimum absolute atomic E-state index is 0.0781. The van der Waals surface area contributed by atoms with Gasteiger partial charge in [0.2, 0.25) is 41.4 Å². The third-order valence-corrected chi connectivity index (χ3v) is 14.5. The molecule has 25 atom stereocenters. The van der Waals surface area contributed by atoms with Crippen LogP contribution in [0.2, 0.25) is 0 Å². The maximum atomic E-state index is 13.8. The second-order valence-electron chi connectivity index (χ2n) is 21.3. The van der Waals surface area contributed by atoms with Gasteiger partial charge in [-0.05, 0) is 53.0 Å². The van der Waals surface area contributed by atoms with Gasteiger partial charge in [0, 0.05) is 27.2 Å². The van der Waals surface area contributed by atoms with Crippen molar-refractivity contribution >= 4 is 53.3 Å². The number of aliphatic carboxylic acids is 2. The average molecular weight is 1260 g/mol. The van der Waals surface area contributed by atoms with Gasteiger partial charge in [0.1, 0.15) is 116 Å². The van der Waals surface area contributed by atoms with Crippen LogP contribution in [0.1, 0.15) is 73.6 Å². The van der Waals surface area contributed by atoms with Crippen molar-refractivity contribution in [1.82, 2.24) is 31.9 Å². The normalized spacial score (nSPS) is 34.3. The summed E-state index contributed by atoms with van der Waals surface area (Å²) in [6.45, 7) is 2.96. The van der Waals surface area contributed by atoms with E-state index in [-0.39, 0.29) is 12.8 Å². The molecule has 37 nitrogen and oxygen atoms in total. The van der Waals surface area contributed by atoms with E-state index in [4.69, 9.17) is 59.8 Å². The number of amides is 7. The van der Waals surface area contributed by atoms with E-state index in [1.165, 1.54) is 6.92 Å². The third kappa shape index (κ3) is 20.2. The van der Waals surface area contributed by atoms with Crippen LogP contribution in [0.3, 0.4) is 0 Å². The number of nitrogens with one attached hydrogen (secondary N) is 6. The highest BCUT2D eigenvalue weighted by Crippen LogP contribution is 2.36. The summed E-state index contributed by atoms with van der Waals surface area (Å²) in [5.41, 5.74) is 17.6. The van der Waals surface area contributed by atoms with Crippen LogP contribution in [-0.2, 0) is 85.8 Å². The summed E-state index contributed by atoms with van der Waals surface area (Å²) in [4.78, 5) is 114. The van der Waals surface area contributed by atoms with E-state index < -0.39 is 239 Å². The van der Waals surface area contributed by atoms with E-state index in [1.807, 2.05) is 0 Å². The molecule has 4 aliphatic heterocycles. The standard InChI is InChI=1S/C50H85N9O28/c1-17(43(72)59-23(42(53)71)10-11-29(67)58-24(46(76)77)9-7-8-12-51)54-44(73)18(2)79-41-33(57-22(6)66)47(78)81-27(15-62)39(41)87-50-32(56-21(5)65)36(70)37(26(14-61)84-50)85-48-30(52)40(80-19(3)45(74)75)38(28(16-63)83-48)86-49-31(55-20(4)64)35(69)34(68)25(13-60)82-49/h17-19,23-28,30-41,47-50,60-63,68-70,78H,7-16,51-52H2,1-6H3,(H2,53,71)(H,54,73)(H,55,64)(H,56,65)(H,57,66)(H,58,67)(H,59,72)(H,74,75)(H,76,77). The molecule has 0 radical (unpaired) electrons. The molecule has 4 heterocycles. The number of nitrogens with two attached hydrogens (primary N) is 3. The van der Waals surface area contributed by atoms with Crippen LogP contribution in [0.25, 0.3) is 0 Å². The van der Waals surface area contributed by atoms with Gasteiger partial charge >= 0.3 is 11.9 Å². The Labute approximate surface area is 497 Å².